The molecule has 2 amide bonds. The lowest BCUT2D eigenvalue weighted by molar-refractivity contribution is -0.114. The lowest BCUT2D eigenvalue weighted by Crippen LogP contribution is -2.27. The Morgan fingerprint density at radius 1 is 1.10 bits per heavy atom. The average molecular weight is 499 g/mol. The topological polar surface area (TPSA) is 62.6 Å². The van der Waals surface area contributed by atoms with Gasteiger partial charge in [0.15, 0.2) is 4.32 Å². The lowest BCUT2D eigenvalue weighted by Gasteiger charge is -2.15. The Bertz CT molecular complexity index is 1170. The van der Waals surface area contributed by atoms with E-state index < -0.39 is 0 Å². The molecular weight excluding hydrogens is 484 g/mol. The van der Waals surface area contributed by atoms with Crippen molar-refractivity contribution in [1.82, 2.24) is 0 Å². The molecule has 0 spiro atoms. The van der Waals surface area contributed by atoms with Crippen molar-refractivity contribution in [2.24, 2.45) is 0 Å². The van der Waals surface area contributed by atoms with Gasteiger partial charge in [0.25, 0.3) is 5.91 Å². The fraction of sp³-hybridized carbons (Fsp3) is 0.0455. The van der Waals surface area contributed by atoms with Gasteiger partial charge in [-0.05, 0) is 48.5 Å². The first kappa shape index (κ1) is 20.6. The number of carbonyl (C=O) groups excluding carboxylic acids is 2. The number of anilines is 2. The molecule has 8 heteroatoms. The van der Waals surface area contributed by atoms with Gasteiger partial charge in [-0.25, -0.2) is 0 Å². The smallest absolute Gasteiger partial charge is 0.270 e. The minimum absolute atomic E-state index is 0.155. The third kappa shape index (κ3) is 4.40. The van der Waals surface area contributed by atoms with Gasteiger partial charge >= 0.3 is 0 Å². The largest absolute Gasteiger partial charge is 0.457 e. The SMILES string of the molecule is CC(=O)Nc1ccc(N2C(=O)/C(=C\c3ccc(-c4ccc(Br)cc4)o3)SC2=S)cc1. The number of amides is 2. The minimum atomic E-state index is -0.209. The van der Waals surface area contributed by atoms with Crippen LogP contribution in [0, 0.1) is 0 Å². The zero-order valence-electron chi connectivity index (χ0n) is 15.7. The second kappa shape index (κ2) is 8.59. The van der Waals surface area contributed by atoms with E-state index in [1.165, 1.54) is 23.6 Å². The second-order valence-corrected chi connectivity index (χ2v) is 9.05. The van der Waals surface area contributed by atoms with Gasteiger partial charge in [-0.15, -0.1) is 0 Å². The van der Waals surface area contributed by atoms with E-state index in [2.05, 4.69) is 21.2 Å². The molecule has 2 aromatic carbocycles. The summed E-state index contributed by atoms with van der Waals surface area (Å²) < 4.78 is 7.32. The summed E-state index contributed by atoms with van der Waals surface area (Å²) >= 11 is 10.1. The Morgan fingerprint density at radius 3 is 2.47 bits per heavy atom. The zero-order chi connectivity index (χ0) is 21.3. The molecule has 2 heterocycles. The summed E-state index contributed by atoms with van der Waals surface area (Å²) in [5.41, 5.74) is 2.25. The van der Waals surface area contributed by atoms with Crippen molar-refractivity contribution >= 4 is 73.5 Å². The molecule has 0 aliphatic carbocycles. The molecule has 1 fully saturated rings. The summed E-state index contributed by atoms with van der Waals surface area (Å²) in [6.45, 7) is 1.44. The van der Waals surface area contributed by atoms with Crippen LogP contribution < -0.4 is 10.2 Å². The number of furan rings is 1. The molecule has 4 rings (SSSR count). The van der Waals surface area contributed by atoms with Gasteiger partial charge in [-0.3, -0.25) is 14.5 Å². The number of halogens is 1. The van der Waals surface area contributed by atoms with Crippen LogP contribution in [0.3, 0.4) is 0 Å². The number of nitrogens with one attached hydrogen (secondary N) is 1. The van der Waals surface area contributed by atoms with Crippen molar-refractivity contribution in [3.63, 3.8) is 0 Å². The van der Waals surface area contributed by atoms with Gasteiger partial charge in [-0.2, -0.15) is 0 Å². The van der Waals surface area contributed by atoms with E-state index >= 15 is 0 Å². The third-order valence-corrected chi connectivity index (χ3v) is 6.10. The number of thiocarbonyl (C=S) groups is 1. The molecule has 150 valence electrons. The molecule has 30 heavy (non-hydrogen) atoms. The maximum absolute atomic E-state index is 12.9. The lowest BCUT2D eigenvalue weighted by atomic mass is 10.2. The van der Waals surface area contributed by atoms with E-state index in [0.29, 0.717) is 26.4 Å². The first-order valence-corrected chi connectivity index (χ1v) is 10.9. The normalized spacial score (nSPS) is 15.1. The minimum Gasteiger partial charge on any atom is -0.457 e. The fourth-order valence-corrected chi connectivity index (χ4v) is 4.46. The maximum Gasteiger partial charge on any atom is 0.270 e. The number of nitrogens with zero attached hydrogens (tertiary/aromatic N) is 1. The summed E-state index contributed by atoms with van der Waals surface area (Å²) in [5, 5.41) is 2.70. The van der Waals surface area contributed by atoms with Gasteiger partial charge in [0, 0.05) is 28.7 Å². The van der Waals surface area contributed by atoms with E-state index in [4.69, 9.17) is 16.6 Å². The zero-order valence-corrected chi connectivity index (χ0v) is 18.9. The molecule has 0 saturated carbocycles. The van der Waals surface area contributed by atoms with Crippen molar-refractivity contribution < 1.29 is 14.0 Å². The summed E-state index contributed by atoms with van der Waals surface area (Å²) in [6.07, 6.45) is 1.70. The van der Waals surface area contributed by atoms with Gasteiger partial charge in [0.2, 0.25) is 5.91 Å². The predicted molar refractivity (Wildman–Crippen MR) is 128 cm³/mol. The molecule has 0 unspecified atom stereocenters. The van der Waals surface area contributed by atoms with Crippen LogP contribution in [-0.2, 0) is 9.59 Å². The first-order valence-electron chi connectivity index (χ1n) is 8.92. The van der Waals surface area contributed by atoms with Crippen LogP contribution in [-0.4, -0.2) is 16.1 Å². The Kier molecular flexibility index (Phi) is 5.90. The maximum atomic E-state index is 12.9. The Balaban J connectivity index is 1.54. The summed E-state index contributed by atoms with van der Waals surface area (Å²) in [7, 11) is 0. The second-order valence-electron chi connectivity index (χ2n) is 6.45. The van der Waals surface area contributed by atoms with E-state index in [-0.39, 0.29) is 11.8 Å². The Labute approximate surface area is 191 Å². The summed E-state index contributed by atoms with van der Waals surface area (Å²) in [5.74, 6) is 0.934. The van der Waals surface area contributed by atoms with Gasteiger partial charge in [0.1, 0.15) is 11.5 Å². The highest BCUT2D eigenvalue weighted by Gasteiger charge is 2.33. The number of benzene rings is 2. The van der Waals surface area contributed by atoms with Crippen molar-refractivity contribution in [2.45, 2.75) is 6.92 Å². The molecular formula is C22H15BrN2O3S2. The van der Waals surface area contributed by atoms with Gasteiger partial charge in [0.05, 0.1) is 10.6 Å². The van der Waals surface area contributed by atoms with Gasteiger partial charge in [-0.1, -0.05) is 52.0 Å². The van der Waals surface area contributed by atoms with E-state index in [9.17, 15) is 9.59 Å². The van der Waals surface area contributed by atoms with Crippen LogP contribution in [0.1, 0.15) is 12.7 Å². The number of hydrogen-bond donors (Lipinski definition) is 1. The van der Waals surface area contributed by atoms with Crippen molar-refractivity contribution in [1.29, 1.82) is 0 Å². The molecule has 1 N–H and O–H groups in total. The predicted octanol–water partition coefficient (Wildman–Crippen LogP) is 6.07. The average Bonchev–Trinajstić information content (AvgIpc) is 3.28. The molecule has 1 aromatic heterocycles. The molecule has 1 aliphatic rings. The molecule has 0 bridgehead atoms. The van der Waals surface area contributed by atoms with Crippen molar-refractivity contribution in [3.05, 3.63) is 75.8 Å². The third-order valence-electron chi connectivity index (χ3n) is 4.27. The van der Waals surface area contributed by atoms with Crippen LogP contribution in [0.5, 0.6) is 0 Å². The highest BCUT2D eigenvalue weighted by atomic mass is 79.9. The number of hydrogen-bond acceptors (Lipinski definition) is 5. The molecule has 1 aliphatic heterocycles. The Morgan fingerprint density at radius 2 is 1.80 bits per heavy atom. The molecule has 1 saturated heterocycles. The van der Waals surface area contributed by atoms with Crippen LogP contribution >= 0.6 is 39.9 Å². The highest BCUT2D eigenvalue weighted by Crippen LogP contribution is 2.37. The number of rotatable bonds is 4. The van der Waals surface area contributed by atoms with Crippen LogP contribution in [0.15, 0.2) is 74.5 Å². The molecule has 0 radical (unpaired) electrons. The number of thioether (sulfide) groups is 1. The highest BCUT2D eigenvalue weighted by molar-refractivity contribution is 9.10. The van der Waals surface area contributed by atoms with E-state index in [1.54, 1.807) is 30.3 Å². The standard InChI is InChI=1S/C22H15BrN2O3S2/c1-13(26)24-16-6-8-17(9-7-16)25-21(27)20(30-22(25)29)12-18-10-11-19(28-18)14-2-4-15(23)5-3-14/h2-12H,1H3,(H,24,26)/b20-12+. The monoisotopic (exact) mass is 498 g/mol. The van der Waals surface area contributed by atoms with Crippen LogP contribution in [0.2, 0.25) is 0 Å². The Hall–Kier alpha value is -2.68. The molecule has 5 nitrogen and oxygen atoms in total. The molecule has 0 atom stereocenters. The summed E-state index contributed by atoms with van der Waals surface area (Å²) in [4.78, 5) is 26.1. The quantitative estimate of drug-likeness (QED) is 0.349. The van der Waals surface area contributed by atoms with E-state index in [1.807, 2.05) is 36.4 Å². The summed E-state index contributed by atoms with van der Waals surface area (Å²) in [6, 6.07) is 18.5. The fourth-order valence-electron chi connectivity index (χ4n) is 2.92. The van der Waals surface area contributed by atoms with E-state index in [0.717, 1.165) is 15.8 Å². The van der Waals surface area contributed by atoms with Gasteiger partial charge < -0.3 is 9.73 Å². The van der Waals surface area contributed by atoms with Crippen LogP contribution in [0.4, 0.5) is 11.4 Å². The number of carbonyl (C=O) groups is 2. The molecule has 3 aromatic rings. The van der Waals surface area contributed by atoms with Crippen molar-refractivity contribution in [3.8, 4) is 11.3 Å². The van der Waals surface area contributed by atoms with Crippen LogP contribution in [0.25, 0.3) is 17.4 Å². The first-order chi connectivity index (χ1) is 14.4. The van der Waals surface area contributed by atoms with Crippen molar-refractivity contribution in [2.75, 3.05) is 10.2 Å².